The number of piperazine rings is 1. The summed E-state index contributed by atoms with van der Waals surface area (Å²) in [5, 5.41) is 12.1. The lowest BCUT2D eigenvalue weighted by Crippen LogP contribution is -2.46. The molecule has 20 heavy (non-hydrogen) atoms. The van der Waals surface area contributed by atoms with Gasteiger partial charge in [0.15, 0.2) is 0 Å². The average molecular weight is 293 g/mol. The maximum Gasteiger partial charge on any atom is 0.126 e. The summed E-state index contributed by atoms with van der Waals surface area (Å²) in [5.74, 6) is 0. The Bertz CT molecular complexity index is 518. The number of hydrogen-bond acceptors (Lipinski definition) is 6. The van der Waals surface area contributed by atoms with E-state index in [1.807, 2.05) is 6.07 Å². The van der Waals surface area contributed by atoms with Gasteiger partial charge in [-0.2, -0.15) is 0 Å². The topological polar surface area (TPSA) is 52.7 Å². The smallest absolute Gasteiger partial charge is 0.126 e. The first-order valence-corrected chi connectivity index (χ1v) is 7.75. The van der Waals surface area contributed by atoms with Crippen LogP contribution in [0.5, 0.6) is 0 Å². The molecule has 0 bridgehead atoms. The number of thiazole rings is 1. The van der Waals surface area contributed by atoms with Gasteiger partial charge in [0.05, 0.1) is 18.6 Å². The Morgan fingerprint density at radius 1 is 1.25 bits per heavy atom. The van der Waals surface area contributed by atoms with Gasteiger partial charge in [-0.15, -0.1) is 11.3 Å². The molecule has 0 spiro atoms. The largest absolute Gasteiger partial charge is 0.472 e. The summed E-state index contributed by atoms with van der Waals surface area (Å²) in [6.07, 6.45) is 3.41. The quantitative estimate of drug-likeness (QED) is 0.905. The van der Waals surface area contributed by atoms with Gasteiger partial charge in [-0.05, 0) is 6.07 Å². The first-order chi connectivity index (χ1) is 9.85. The Balaban J connectivity index is 1.54. The molecule has 1 fully saturated rings. The van der Waals surface area contributed by atoms with Crippen molar-refractivity contribution in [1.29, 1.82) is 0 Å². The second-order valence-electron chi connectivity index (χ2n) is 5.00. The van der Waals surface area contributed by atoms with Crippen LogP contribution in [0.25, 0.3) is 10.6 Å². The molecule has 0 atom stereocenters. The number of aromatic nitrogens is 1. The maximum absolute atomic E-state index is 8.94. The number of β-amino-alcohol motifs (C(OH)–C–C–N with tert-alkyl or cyclic N) is 1. The van der Waals surface area contributed by atoms with Crippen molar-refractivity contribution in [2.24, 2.45) is 0 Å². The van der Waals surface area contributed by atoms with E-state index >= 15 is 0 Å². The lowest BCUT2D eigenvalue weighted by atomic mass is 10.3. The Morgan fingerprint density at radius 2 is 2.05 bits per heavy atom. The zero-order chi connectivity index (χ0) is 13.8. The summed E-state index contributed by atoms with van der Waals surface area (Å²) in [7, 11) is 0. The van der Waals surface area contributed by atoms with E-state index < -0.39 is 0 Å². The van der Waals surface area contributed by atoms with Gasteiger partial charge >= 0.3 is 0 Å². The number of hydrogen-bond donors (Lipinski definition) is 1. The molecule has 0 aromatic carbocycles. The predicted octanol–water partition coefficient (Wildman–Crippen LogP) is 1.51. The molecule has 0 amide bonds. The molecule has 108 valence electrons. The summed E-state index contributed by atoms with van der Waals surface area (Å²) in [6.45, 7) is 6.08. The summed E-state index contributed by atoms with van der Waals surface area (Å²) >= 11 is 1.66. The molecule has 1 N–H and O–H groups in total. The van der Waals surface area contributed by atoms with Crippen molar-refractivity contribution in [3.63, 3.8) is 0 Å². The average Bonchev–Trinajstić information content (AvgIpc) is 3.12. The summed E-state index contributed by atoms with van der Waals surface area (Å²) in [6, 6.07) is 1.94. The molecule has 3 rings (SSSR count). The SMILES string of the molecule is OCCN1CCN(Cc2csc(-c3ccoc3)n2)CC1. The fourth-order valence-corrected chi connectivity index (χ4v) is 3.24. The minimum Gasteiger partial charge on any atom is -0.472 e. The molecular weight excluding hydrogens is 274 g/mol. The molecule has 3 heterocycles. The van der Waals surface area contributed by atoms with Crippen LogP contribution in [0.1, 0.15) is 5.69 Å². The Kier molecular flexibility index (Phi) is 4.47. The Labute approximate surface area is 122 Å². The van der Waals surface area contributed by atoms with Crippen molar-refractivity contribution in [2.75, 3.05) is 39.3 Å². The van der Waals surface area contributed by atoms with E-state index in [1.165, 1.54) is 0 Å². The summed E-state index contributed by atoms with van der Waals surface area (Å²) < 4.78 is 5.09. The maximum atomic E-state index is 8.94. The lowest BCUT2D eigenvalue weighted by Gasteiger charge is -2.33. The fraction of sp³-hybridized carbons (Fsp3) is 0.500. The molecule has 1 saturated heterocycles. The molecular formula is C14H19N3O2S. The second kappa shape index (κ2) is 6.49. The van der Waals surface area contributed by atoms with Crippen LogP contribution >= 0.6 is 11.3 Å². The van der Waals surface area contributed by atoms with Crippen LogP contribution in [0.15, 0.2) is 28.4 Å². The molecule has 2 aromatic rings. The molecule has 6 heteroatoms. The monoisotopic (exact) mass is 293 g/mol. The molecule has 0 aliphatic carbocycles. The molecule has 1 aliphatic heterocycles. The third kappa shape index (κ3) is 3.27. The van der Waals surface area contributed by atoms with Crippen molar-refractivity contribution < 1.29 is 9.52 Å². The highest BCUT2D eigenvalue weighted by Crippen LogP contribution is 2.24. The van der Waals surface area contributed by atoms with E-state index in [2.05, 4.69) is 20.2 Å². The summed E-state index contributed by atoms with van der Waals surface area (Å²) in [5.41, 5.74) is 2.18. The second-order valence-corrected chi connectivity index (χ2v) is 5.86. The first kappa shape index (κ1) is 13.8. The van der Waals surface area contributed by atoms with Crippen molar-refractivity contribution in [3.8, 4) is 10.6 Å². The number of aliphatic hydroxyl groups excluding tert-OH is 1. The van der Waals surface area contributed by atoms with E-state index in [9.17, 15) is 0 Å². The van der Waals surface area contributed by atoms with Gasteiger partial charge in [0, 0.05) is 50.2 Å². The van der Waals surface area contributed by atoms with Gasteiger partial charge in [-0.25, -0.2) is 4.98 Å². The molecule has 0 radical (unpaired) electrons. The van der Waals surface area contributed by atoms with Gasteiger partial charge in [0.25, 0.3) is 0 Å². The molecule has 0 saturated carbocycles. The number of aliphatic hydroxyl groups is 1. The van der Waals surface area contributed by atoms with Crippen molar-refractivity contribution >= 4 is 11.3 Å². The van der Waals surface area contributed by atoms with Crippen LogP contribution in [-0.2, 0) is 6.54 Å². The highest BCUT2D eigenvalue weighted by molar-refractivity contribution is 7.13. The van der Waals surface area contributed by atoms with Crippen molar-refractivity contribution in [1.82, 2.24) is 14.8 Å². The normalized spacial score (nSPS) is 17.6. The zero-order valence-electron chi connectivity index (χ0n) is 11.4. The Hall–Kier alpha value is -1.21. The third-order valence-electron chi connectivity index (χ3n) is 3.59. The van der Waals surface area contributed by atoms with Gasteiger partial charge in [-0.3, -0.25) is 9.80 Å². The number of furan rings is 1. The lowest BCUT2D eigenvalue weighted by molar-refractivity contribution is 0.108. The van der Waals surface area contributed by atoms with Gasteiger partial charge in [-0.1, -0.05) is 0 Å². The van der Waals surface area contributed by atoms with E-state index in [0.717, 1.165) is 55.5 Å². The summed E-state index contributed by atoms with van der Waals surface area (Å²) in [4.78, 5) is 9.38. The highest BCUT2D eigenvalue weighted by atomic mass is 32.1. The fourth-order valence-electron chi connectivity index (χ4n) is 2.44. The van der Waals surface area contributed by atoms with Crippen LogP contribution in [-0.4, -0.2) is 59.2 Å². The molecule has 2 aromatic heterocycles. The van der Waals surface area contributed by atoms with Crippen molar-refractivity contribution in [2.45, 2.75) is 6.54 Å². The van der Waals surface area contributed by atoms with E-state index in [-0.39, 0.29) is 6.61 Å². The van der Waals surface area contributed by atoms with Crippen LogP contribution < -0.4 is 0 Å². The van der Waals surface area contributed by atoms with Crippen LogP contribution in [0.3, 0.4) is 0 Å². The first-order valence-electron chi connectivity index (χ1n) is 6.87. The van der Waals surface area contributed by atoms with Gasteiger partial charge in [0.1, 0.15) is 11.3 Å². The standard InChI is InChI=1S/C14H19N3O2S/c18-7-6-16-2-4-17(5-3-16)9-13-11-20-14(15-13)12-1-8-19-10-12/h1,8,10-11,18H,2-7,9H2. The molecule has 1 aliphatic rings. The van der Waals surface area contributed by atoms with E-state index in [4.69, 9.17) is 9.52 Å². The van der Waals surface area contributed by atoms with Crippen molar-refractivity contribution in [3.05, 3.63) is 29.7 Å². The highest BCUT2D eigenvalue weighted by Gasteiger charge is 2.17. The zero-order valence-corrected chi connectivity index (χ0v) is 12.2. The van der Waals surface area contributed by atoms with Crippen LogP contribution in [0, 0.1) is 0 Å². The minimum absolute atomic E-state index is 0.250. The predicted molar refractivity (Wildman–Crippen MR) is 78.6 cm³/mol. The van der Waals surface area contributed by atoms with E-state index in [1.54, 1.807) is 23.9 Å². The molecule has 0 unspecified atom stereocenters. The van der Waals surface area contributed by atoms with Crippen LogP contribution in [0.2, 0.25) is 0 Å². The van der Waals surface area contributed by atoms with Gasteiger partial charge in [0.2, 0.25) is 0 Å². The number of rotatable bonds is 5. The Morgan fingerprint density at radius 3 is 2.75 bits per heavy atom. The van der Waals surface area contributed by atoms with Gasteiger partial charge < -0.3 is 9.52 Å². The molecule has 5 nitrogen and oxygen atoms in total. The van der Waals surface area contributed by atoms with Crippen LogP contribution in [0.4, 0.5) is 0 Å². The van der Waals surface area contributed by atoms with E-state index in [0.29, 0.717) is 0 Å². The number of nitrogens with zero attached hydrogens (tertiary/aromatic N) is 3. The third-order valence-corrected chi connectivity index (χ3v) is 4.53. The minimum atomic E-state index is 0.250.